The molecule has 28 heavy (non-hydrogen) atoms. The molecule has 1 amide bonds. The van der Waals surface area contributed by atoms with Crippen molar-refractivity contribution in [2.75, 3.05) is 12.4 Å². The van der Waals surface area contributed by atoms with E-state index in [1.165, 1.54) is 24.0 Å². The average Bonchev–Trinajstić information content (AvgIpc) is 3.04. The van der Waals surface area contributed by atoms with E-state index in [1.54, 1.807) is 14.0 Å². The van der Waals surface area contributed by atoms with E-state index in [2.05, 4.69) is 20.5 Å². The van der Waals surface area contributed by atoms with Crippen LogP contribution in [0.1, 0.15) is 6.92 Å². The Balaban J connectivity index is 1.75. The molecule has 1 unspecified atom stereocenters. The lowest BCUT2D eigenvalue weighted by Crippen LogP contribution is -2.23. The van der Waals surface area contributed by atoms with Crippen molar-refractivity contribution < 1.29 is 9.53 Å². The van der Waals surface area contributed by atoms with Gasteiger partial charge < -0.3 is 14.6 Å². The maximum absolute atomic E-state index is 12.5. The molecule has 2 aromatic heterocycles. The third-order valence-corrected chi connectivity index (χ3v) is 5.51. The Morgan fingerprint density at radius 3 is 2.75 bits per heavy atom. The normalized spacial score (nSPS) is 11.9. The molecule has 10 heteroatoms. The maximum Gasteiger partial charge on any atom is 0.238 e. The first-order valence-corrected chi connectivity index (χ1v) is 9.85. The van der Waals surface area contributed by atoms with Crippen LogP contribution in [0, 0.1) is 0 Å². The topological polar surface area (TPSA) is 81.9 Å². The second kappa shape index (κ2) is 8.81. The lowest BCUT2D eigenvalue weighted by Gasteiger charge is -2.12. The molecule has 0 aliphatic carbocycles. The van der Waals surface area contributed by atoms with E-state index < -0.39 is 5.25 Å². The Bertz CT molecular complexity index is 1010. The molecule has 3 rings (SSSR count). The fourth-order valence-electron chi connectivity index (χ4n) is 2.42. The van der Waals surface area contributed by atoms with E-state index >= 15 is 0 Å². The number of hydrogen-bond donors (Lipinski definition) is 1. The molecule has 0 spiro atoms. The molecule has 3 aromatic rings. The van der Waals surface area contributed by atoms with Crippen LogP contribution in [-0.2, 0) is 11.8 Å². The summed E-state index contributed by atoms with van der Waals surface area (Å²) in [6.45, 7) is 1.77. The molecule has 7 nitrogen and oxygen atoms in total. The molecule has 1 N–H and O–H groups in total. The van der Waals surface area contributed by atoms with Crippen LogP contribution in [0.2, 0.25) is 10.0 Å². The molecule has 1 aromatic carbocycles. The number of halogens is 2. The van der Waals surface area contributed by atoms with Crippen molar-refractivity contribution in [2.24, 2.45) is 7.05 Å². The number of amides is 1. The molecule has 146 valence electrons. The summed E-state index contributed by atoms with van der Waals surface area (Å²) in [5.41, 5.74) is 0.820. The highest BCUT2D eigenvalue weighted by Gasteiger charge is 2.21. The van der Waals surface area contributed by atoms with Gasteiger partial charge >= 0.3 is 0 Å². The molecular formula is C18H17Cl2N5O2S. The van der Waals surface area contributed by atoms with Gasteiger partial charge in [0.05, 0.1) is 28.0 Å². The Kier molecular flexibility index (Phi) is 6.43. The third-order valence-electron chi connectivity index (χ3n) is 3.88. The predicted octanol–water partition coefficient (Wildman–Crippen LogP) is 4.31. The van der Waals surface area contributed by atoms with Crippen molar-refractivity contribution in [2.45, 2.75) is 17.3 Å². The number of nitrogens with one attached hydrogen (secondary N) is 1. The quantitative estimate of drug-likeness (QED) is 0.578. The van der Waals surface area contributed by atoms with E-state index in [9.17, 15) is 4.79 Å². The monoisotopic (exact) mass is 437 g/mol. The summed E-state index contributed by atoms with van der Waals surface area (Å²) >= 11 is 13.2. The van der Waals surface area contributed by atoms with Gasteiger partial charge in [-0.3, -0.25) is 4.79 Å². The zero-order valence-electron chi connectivity index (χ0n) is 15.3. The zero-order valence-corrected chi connectivity index (χ0v) is 17.6. The van der Waals surface area contributed by atoms with Crippen LogP contribution in [-0.4, -0.2) is 38.0 Å². The number of nitrogens with zero attached hydrogens (tertiary/aromatic N) is 4. The average molecular weight is 438 g/mol. The fourth-order valence-corrected chi connectivity index (χ4v) is 3.66. The van der Waals surface area contributed by atoms with Crippen molar-refractivity contribution in [1.29, 1.82) is 0 Å². The minimum absolute atomic E-state index is 0.260. The number of rotatable bonds is 6. The van der Waals surface area contributed by atoms with Gasteiger partial charge in [-0.2, -0.15) is 0 Å². The summed E-state index contributed by atoms with van der Waals surface area (Å²) in [7, 11) is 3.44. The number of methoxy groups -OCH3 is 1. The maximum atomic E-state index is 12.5. The molecule has 2 heterocycles. The summed E-state index contributed by atoms with van der Waals surface area (Å²) < 4.78 is 7.21. The van der Waals surface area contributed by atoms with E-state index in [0.717, 1.165) is 5.56 Å². The molecule has 0 aliphatic rings. The largest absolute Gasteiger partial charge is 0.496 e. The summed E-state index contributed by atoms with van der Waals surface area (Å²) in [6, 6.07) is 9.07. The molecular weight excluding hydrogens is 421 g/mol. The van der Waals surface area contributed by atoms with Crippen molar-refractivity contribution in [3.63, 3.8) is 0 Å². The van der Waals surface area contributed by atoms with E-state index in [1.807, 2.05) is 35.9 Å². The highest BCUT2D eigenvalue weighted by atomic mass is 35.5. The van der Waals surface area contributed by atoms with Crippen LogP contribution < -0.4 is 10.1 Å². The Morgan fingerprint density at radius 1 is 1.29 bits per heavy atom. The summed E-state index contributed by atoms with van der Waals surface area (Å²) in [4.78, 5) is 16.5. The van der Waals surface area contributed by atoms with E-state index in [0.29, 0.717) is 21.8 Å². The minimum Gasteiger partial charge on any atom is -0.496 e. The smallest absolute Gasteiger partial charge is 0.238 e. The summed E-state index contributed by atoms with van der Waals surface area (Å²) in [5, 5.41) is 12.0. The minimum atomic E-state index is -0.457. The standard InChI is InChI=1S/C18H17Cl2N5O2S/c1-10(17(26)22-15-13(20)8-11(19)9-21-15)28-18-24-23-16(25(18)2)12-6-4-5-7-14(12)27-3/h4-10H,1-3H3,(H,21,22,26). The number of carbonyl (C=O) groups excluding carboxylic acids is 1. The molecule has 0 fully saturated rings. The van der Waals surface area contributed by atoms with Crippen LogP contribution in [0.25, 0.3) is 11.4 Å². The highest BCUT2D eigenvalue weighted by Crippen LogP contribution is 2.31. The van der Waals surface area contributed by atoms with Gasteiger partial charge in [0.2, 0.25) is 5.91 Å². The van der Waals surface area contributed by atoms with Crippen LogP contribution in [0.5, 0.6) is 5.75 Å². The number of hydrogen-bond acceptors (Lipinski definition) is 6. The van der Waals surface area contributed by atoms with E-state index in [4.69, 9.17) is 27.9 Å². The number of carbonyl (C=O) groups is 1. The van der Waals surface area contributed by atoms with Crippen LogP contribution in [0.15, 0.2) is 41.7 Å². The van der Waals surface area contributed by atoms with Gasteiger partial charge in [-0.05, 0) is 25.1 Å². The van der Waals surface area contributed by atoms with Gasteiger partial charge in [-0.1, -0.05) is 47.1 Å². The fraction of sp³-hybridized carbons (Fsp3) is 0.222. The first-order valence-electron chi connectivity index (χ1n) is 8.22. The van der Waals surface area contributed by atoms with Crippen molar-refractivity contribution >= 4 is 46.7 Å². The molecule has 0 bridgehead atoms. The molecule has 0 radical (unpaired) electrons. The van der Waals surface area contributed by atoms with Crippen LogP contribution >= 0.6 is 35.0 Å². The van der Waals surface area contributed by atoms with Crippen LogP contribution in [0.4, 0.5) is 5.82 Å². The number of pyridine rings is 1. The molecule has 0 aliphatic heterocycles. The predicted molar refractivity (Wildman–Crippen MR) is 111 cm³/mol. The van der Waals surface area contributed by atoms with Gasteiger partial charge in [-0.25, -0.2) is 4.98 Å². The summed E-state index contributed by atoms with van der Waals surface area (Å²) in [5.74, 6) is 1.35. The summed E-state index contributed by atoms with van der Waals surface area (Å²) in [6.07, 6.45) is 1.42. The Hall–Kier alpha value is -2.29. The number of benzene rings is 1. The number of anilines is 1. The van der Waals surface area contributed by atoms with Crippen LogP contribution in [0.3, 0.4) is 0 Å². The lowest BCUT2D eigenvalue weighted by atomic mass is 10.2. The molecule has 0 saturated heterocycles. The van der Waals surface area contributed by atoms with Crippen molar-refractivity contribution in [3.05, 3.63) is 46.6 Å². The molecule has 0 saturated carbocycles. The second-order valence-electron chi connectivity index (χ2n) is 5.80. The number of aromatic nitrogens is 4. The number of para-hydroxylation sites is 1. The first-order chi connectivity index (χ1) is 13.4. The van der Waals surface area contributed by atoms with Crippen molar-refractivity contribution in [3.8, 4) is 17.1 Å². The third kappa shape index (κ3) is 4.40. The van der Waals surface area contributed by atoms with Crippen molar-refractivity contribution in [1.82, 2.24) is 19.7 Å². The van der Waals surface area contributed by atoms with Gasteiger partial charge in [0.15, 0.2) is 16.8 Å². The van der Waals surface area contributed by atoms with Gasteiger partial charge in [-0.15, -0.1) is 10.2 Å². The zero-order chi connectivity index (χ0) is 20.3. The SMILES string of the molecule is COc1ccccc1-c1nnc(SC(C)C(=O)Nc2ncc(Cl)cc2Cl)n1C. The van der Waals surface area contributed by atoms with Gasteiger partial charge in [0.1, 0.15) is 5.75 Å². The van der Waals surface area contributed by atoms with Gasteiger partial charge in [0, 0.05) is 13.2 Å². The number of ether oxygens (including phenoxy) is 1. The first kappa shape index (κ1) is 20.4. The Labute approximate surface area is 176 Å². The number of thioether (sulfide) groups is 1. The molecule has 1 atom stereocenters. The van der Waals surface area contributed by atoms with Gasteiger partial charge in [0.25, 0.3) is 0 Å². The highest BCUT2D eigenvalue weighted by molar-refractivity contribution is 8.00. The Morgan fingerprint density at radius 2 is 2.04 bits per heavy atom. The second-order valence-corrected chi connectivity index (χ2v) is 7.95. The van der Waals surface area contributed by atoms with E-state index in [-0.39, 0.29) is 16.7 Å². The lowest BCUT2D eigenvalue weighted by molar-refractivity contribution is -0.115.